The summed E-state index contributed by atoms with van der Waals surface area (Å²) >= 11 is 0. The molecule has 2 atom stereocenters. The molecule has 1 saturated carbocycles. The Kier molecular flexibility index (Phi) is 7.56. The number of carboxylic acid groups (broad SMARTS) is 1. The Balaban J connectivity index is 1.90. The van der Waals surface area contributed by atoms with Gasteiger partial charge in [-0.2, -0.15) is 0 Å². The average molecular weight is 460 g/mol. The molecule has 0 unspecified atom stereocenters. The van der Waals surface area contributed by atoms with Crippen molar-refractivity contribution < 1.29 is 23.5 Å². The molecule has 1 aliphatic carbocycles. The van der Waals surface area contributed by atoms with E-state index in [-0.39, 0.29) is 11.6 Å². The Morgan fingerprint density at radius 1 is 1.00 bits per heavy atom. The number of carbonyl (C=O) groups excluding carboxylic acids is 1. The maximum Gasteiger partial charge on any atom is 0.323 e. The van der Waals surface area contributed by atoms with E-state index in [4.69, 9.17) is 0 Å². The highest BCUT2D eigenvalue weighted by molar-refractivity contribution is 6.02. The number of halogens is 2. The number of nitrogens with zero attached hydrogens (tertiary/aromatic N) is 1. The minimum atomic E-state index is -0.873. The standard InChI is InChI=1S/C25H31F2N3O3/c1-14(2)12-30(13-15(3)4)23-8-5-16(18-11-19(18)24(31)32)9-22(23)29-25(33)28-21-7-6-17(26)10-20(21)27/h5-10,14-15,18-19H,11-13H2,1-4H3,(H,31,32)(H2,28,29,33)/t18-,19-/m0/s1. The Morgan fingerprint density at radius 3 is 2.18 bits per heavy atom. The molecule has 3 rings (SSSR count). The van der Waals surface area contributed by atoms with E-state index in [1.165, 1.54) is 0 Å². The third-order valence-electron chi connectivity index (χ3n) is 5.50. The van der Waals surface area contributed by atoms with Crippen LogP contribution in [-0.2, 0) is 4.79 Å². The number of carboxylic acids is 1. The first-order valence-electron chi connectivity index (χ1n) is 11.2. The van der Waals surface area contributed by atoms with Gasteiger partial charge in [-0.05, 0) is 54.0 Å². The van der Waals surface area contributed by atoms with Crippen LogP contribution in [-0.4, -0.2) is 30.2 Å². The van der Waals surface area contributed by atoms with Crippen LogP contribution in [0, 0.1) is 29.4 Å². The van der Waals surface area contributed by atoms with Crippen LogP contribution in [0.3, 0.4) is 0 Å². The number of benzene rings is 2. The monoisotopic (exact) mass is 459 g/mol. The van der Waals surface area contributed by atoms with Gasteiger partial charge in [0.15, 0.2) is 0 Å². The summed E-state index contributed by atoms with van der Waals surface area (Å²) in [4.78, 5) is 26.2. The van der Waals surface area contributed by atoms with Crippen LogP contribution in [0.5, 0.6) is 0 Å². The molecule has 0 aromatic heterocycles. The van der Waals surface area contributed by atoms with E-state index in [2.05, 4.69) is 43.2 Å². The lowest BCUT2D eigenvalue weighted by molar-refractivity contribution is -0.138. The van der Waals surface area contributed by atoms with E-state index < -0.39 is 29.6 Å². The van der Waals surface area contributed by atoms with Gasteiger partial charge in [0.05, 0.1) is 23.0 Å². The zero-order chi connectivity index (χ0) is 24.3. The Hall–Kier alpha value is -3.16. The Labute approximate surface area is 193 Å². The summed E-state index contributed by atoms with van der Waals surface area (Å²) in [6.45, 7) is 9.98. The zero-order valence-corrected chi connectivity index (χ0v) is 19.4. The molecule has 6 nitrogen and oxygen atoms in total. The highest BCUT2D eigenvalue weighted by Gasteiger charge is 2.44. The van der Waals surface area contributed by atoms with Gasteiger partial charge in [-0.25, -0.2) is 13.6 Å². The molecule has 0 heterocycles. The highest BCUT2D eigenvalue weighted by atomic mass is 19.1. The summed E-state index contributed by atoms with van der Waals surface area (Å²) in [7, 11) is 0. The number of nitrogens with one attached hydrogen (secondary N) is 2. The number of carbonyl (C=O) groups is 2. The molecule has 0 bridgehead atoms. The van der Waals surface area contributed by atoms with Gasteiger partial charge in [0.2, 0.25) is 0 Å². The molecular formula is C25H31F2N3O3. The number of hydrogen-bond acceptors (Lipinski definition) is 3. The van der Waals surface area contributed by atoms with Gasteiger partial charge in [-0.15, -0.1) is 0 Å². The summed E-state index contributed by atoms with van der Waals surface area (Å²) in [5.41, 5.74) is 2.03. The molecule has 3 N–H and O–H groups in total. The van der Waals surface area contributed by atoms with Crippen molar-refractivity contribution in [2.24, 2.45) is 17.8 Å². The van der Waals surface area contributed by atoms with E-state index in [1.807, 2.05) is 12.1 Å². The Bertz CT molecular complexity index is 1020. The normalized spacial score (nSPS) is 17.2. The molecule has 0 radical (unpaired) electrons. The van der Waals surface area contributed by atoms with Crippen LogP contribution >= 0.6 is 0 Å². The fourth-order valence-corrected chi connectivity index (χ4v) is 4.02. The zero-order valence-electron chi connectivity index (χ0n) is 19.4. The molecule has 8 heteroatoms. The van der Waals surface area contributed by atoms with E-state index in [9.17, 15) is 23.5 Å². The van der Waals surface area contributed by atoms with Crippen LogP contribution in [0.1, 0.15) is 45.6 Å². The van der Waals surface area contributed by atoms with Gasteiger partial charge in [0, 0.05) is 19.2 Å². The number of anilines is 3. The van der Waals surface area contributed by atoms with Gasteiger partial charge in [0.1, 0.15) is 11.6 Å². The lowest BCUT2D eigenvalue weighted by Gasteiger charge is -2.30. The fourth-order valence-electron chi connectivity index (χ4n) is 4.02. The van der Waals surface area contributed by atoms with Crippen molar-refractivity contribution in [1.82, 2.24) is 0 Å². The predicted molar refractivity (Wildman–Crippen MR) is 126 cm³/mol. The lowest BCUT2D eigenvalue weighted by atomic mass is 10.0. The van der Waals surface area contributed by atoms with Crippen molar-refractivity contribution >= 4 is 29.1 Å². The molecule has 178 valence electrons. The number of urea groups is 1. The van der Waals surface area contributed by atoms with Crippen molar-refractivity contribution in [2.45, 2.75) is 40.0 Å². The van der Waals surface area contributed by atoms with E-state index in [0.29, 0.717) is 30.0 Å². The fraction of sp³-hybridized carbons (Fsp3) is 0.440. The molecule has 0 spiro atoms. The smallest absolute Gasteiger partial charge is 0.323 e. The summed E-state index contributed by atoms with van der Waals surface area (Å²) in [5.74, 6) is -2.21. The van der Waals surface area contributed by atoms with Crippen LogP contribution in [0.4, 0.5) is 30.6 Å². The quantitative estimate of drug-likeness (QED) is 0.435. The highest BCUT2D eigenvalue weighted by Crippen LogP contribution is 2.49. The second-order valence-electron chi connectivity index (χ2n) is 9.46. The lowest BCUT2D eigenvalue weighted by Crippen LogP contribution is -2.32. The number of hydrogen-bond donors (Lipinski definition) is 3. The van der Waals surface area contributed by atoms with Crippen molar-refractivity contribution in [3.63, 3.8) is 0 Å². The minimum Gasteiger partial charge on any atom is -0.481 e. The second-order valence-corrected chi connectivity index (χ2v) is 9.46. The van der Waals surface area contributed by atoms with Crippen LogP contribution in [0.15, 0.2) is 36.4 Å². The molecular weight excluding hydrogens is 428 g/mol. The van der Waals surface area contributed by atoms with Crippen molar-refractivity contribution in [1.29, 1.82) is 0 Å². The molecule has 2 aromatic carbocycles. The molecule has 1 aliphatic rings. The average Bonchev–Trinajstić information content (AvgIpc) is 3.50. The van der Waals surface area contributed by atoms with Crippen molar-refractivity contribution in [3.8, 4) is 0 Å². The molecule has 0 aliphatic heterocycles. The second kappa shape index (κ2) is 10.2. The maximum absolute atomic E-state index is 14.0. The topological polar surface area (TPSA) is 81.7 Å². The van der Waals surface area contributed by atoms with E-state index in [1.54, 1.807) is 6.07 Å². The number of rotatable bonds is 9. The van der Waals surface area contributed by atoms with Crippen molar-refractivity contribution in [3.05, 3.63) is 53.6 Å². The molecule has 2 amide bonds. The molecule has 1 fully saturated rings. The van der Waals surface area contributed by atoms with Crippen LogP contribution in [0.25, 0.3) is 0 Å². The number of aliphatic carboxylic acids is 1. The van der Waals surface area contributed by atoms with Crippen LogP contribution in [0.2, 0.25) is 0 Å². The minimum absolute atomic E-state index is 0.0987. The number of amides is 2. The molecule has 2 aromatic rings. The van der Waals surface area contributed by atoms with Gasteiger partial charge in [-0.1, -0.05) is 33.8 Å². The van der Waals surface area contributed by atoms with Crippen molar-refractivity contribution in [2.75, 3.05) is 28.6 Å². The molecule has 33 heavy (non-hydrogen) atoms. The van der Waals surface area contributed by atoms with E-state index in [0.717, 1.165) is 36.5 Å². The predicted octanol–water partition coefficient (Wildman–Crippen LogP) is 5.92. The third-order valence-corrected chi connectivity index (χ3v) is 5.50. The maximum atomic E-state index is 14.0. The SMILES string of the molecule is CC(C)CN(CC(C)C)c1ccc([C@@H]2C[C@@H]2C(=O)O)cc1NC(=O)Nc1ccc(F)cc1F. The molecule has 0 saturated heterocycles. The Morgan fingerprint density at radius 2 is 1.64 bits per heavy atom. The van der Waals surface area contributed by atoms with Crippen LogP contribution < -0.4 is 15.5 Å². The van der Waals surface area contributed by atoms with E-state index >= 15 is 0 Å². The van der Waals surface area contributed by atoms with Gasteiger partial charge >= 0.3 is 12.0 Å². The summed E-state index contributed by atoms with van der Waals surface area (Å²) in [6, 6.07) is 7.89. The first-order chi connectivity index (χ1) is 15.5. The third kappa shape index (κ3) is 6.43. The summed E-state index contributed by atoms with van der Waals surface area (Å²) in [5, 5.41) is 14.5. The summed E-state index contributed by atoms with van der Waals surface area (Å²) < 4.78 is 27.2. The first-order valence-corrected chi connectivity index (χ1v) is 11.2. The van der Waals surface area contributed by atoms with Gasteiger partial charge in [0.25, 0.3) is 0 Å². The van der Waals surface area contributed by atoms with Gasteiger partial charge < -0.3 is 20.6 Å². The largest absolute Gasteiger partial charge is 0.481 e. The van der Waals surface area contributed by atoms with Gasteiger partial charge in [-0.3, -0.25) is 4.79 Å². The summed E-state index contributed by atoms with van der Waals surface area (Å²) in [6.07, 6.45) is 0.558. The first kappa shape index (κ1) is 24.5.